The van der Waals surface area contributed by atoms with E-state index >= 15 is 0 Å². The van der Waals surface area contributed by atoms with Gasteiger partial charge in [0.15, 0.2) is 17.3 Å². The summed E-state index contributed by atoms with van der Waals surface area (Å²) in [6.45, 7) is 1.69. The number of fused-ring (bicyclic) bond motifs is 1. The van der Waals surface area contributed by atoms with Gasteiger partial charge in [0.25, 0.3) is 0 Å². The molecule has 0 saturated carbocycles. The average Bonchev–Trinajstić information content (AvgIpc) is 3.16. The zero-order valence-corrected chi connectivity index (χ0v) is 19.5. The summed E-state index contributed by atoms with van der Waals surface area (Å²) in [5.41, 5.74) is 1.02. The highest BCUT2D eigenvalue weighted by Crippen LogP contribution is 2.45. The molecule has 2 N–H and O–H groups in total. The molecular weight excluding hydrogens is 430 g/mol. The van der Waals surface area contributed by atoms with Gasteiger partial charge >= 0.3 is 0 Å². The molecule has 1 amide bonds. The fraction of sp³-hybridized carbons (Fsp3) is 0.500. The molecule has 1 fully saturated rings. The molecule has 0 bridgehead atoms. The van der Waals surface area contributed by atoms with Gasteiger partial charge in [-0.15, -0.1) is 0 Å². The van der Waals surface area contributed by atoms with E-state index in [1.54, 1.807) is 32.9 Å². The molecule has 32 heavy (non-hydrogen) atoms. The van der Waals surface area contributed by atoms with Crippen LogP contribution in [0.15, 0.2) is 27.4 Å². The number of aryl methyl sites for hydroxylation is 2. The van der Waals surface area contributed by atoms with E-state index in [4.69, 9.17) is 13.9 Å². The summed E-state index contributed by atoms with van der Waals surface area (Å²) >= 11 is 1.81. The number of methoxy groups -OCH3 is 2. The first kappa shape index (κ1) is 22.6. The Bertz CT molecular complexity index is 1070. The molecule has 0 spiro atoms. The molecular formula is C24H29NO6S. The second-order valence-electron chi connectivity index (χ2n) is 8.53. The molecule has 2 aromatic rings. The number of amides is 1. The molecule has 2 heterocycles. The Kier molecular flexibility index (Phi) is 6.42. The number of carbonyl (C=O) groups is 1. The molecule has 172 valence electrons. The van der Waals surface area contributed by atoms with Gasteiger partial charge in [-0.25, -0.2) is 0 Å². The number of hydrogen-bond donors (Lipinski definition) is 2. The van der Waals surface area contributed by atoms with E-state index in [1.807, 2.05) is 12.1 Å². The van der Waals surface area contributed by atoms with Crippen molar-refractivity contribution in [2.24, 2.45) is 0 Å². The number of thioether (sulfide) groups is 1. The molecule has 1 unspecified atom stereocenters. The lowest BCUT2D eigenvalue weighted by atomic mass is 9.75. The van der Waals surface area contributed by atoms with Crippen LogP contribution in [-0.4, -0.2) is 36.7 Å². The first-order valence-corrected chi connectivity index (χ1v) is 12.0. The van der Waals surface area contributed by atoms with Gasteiger partial charge in [-0.2, -0.15) is 11.8 Å². The third-order valence-electron chi connectivity index (χ3n) is 6.53. The fourth-order valence-electron chi connectivity index (χ4n) is 4.84. The lowest BCUT2D eigenvalue weighted by Crippen LogP contribution is -2.39. The van der Waals surface area contributed by atoms with Crippen LogP contribution in [0.25, 0.3) is 0 Å². The van der Waals surface area contributed by atoms with E-state index in [9.17, 15) is 14.7 Å². The van der Waals surface area contributed by atoms with Crippen LogP contribution in [0.5, 0.6) is 17.2 Å². The van der Waals surface area contributed by atoms with E-state index in [2.05, 4.69) is 5.32 Å². The van der Waals surface area contributed by atoms with Gasteiger partial charge in [0.1, 0.15) is 5.76 Å². The maximum absolute atomic E-state index is 13.2. The summed E-state index contributed by atoms with van der Waals surface area (Å²) in [4.78, 5) is 25.5. The molecule has 4 rings (SSSR count). The van der Waals surface area contributed by atoms with E-state index in [1.165, 1.54) is 6.07 Å². The lowest BCUT2D eigenvalue weighted by Gasteiger charge is -2.36. The van der Waals surface area contributed by atoms with E-state index in [-0.39, 0.29) is 29.9 Å². The SMILES string of the molecule is COc1cc2c(cc1OC)C(NC(=O)CC1(c3oc(C)cc(=O)c3O)CCSCC1)CC2. The van der Waals surface area contributed by atoms with Crippen molar-refractivity contribution in [2.75, 3.05) is 25.7 Å². The summed E-state index contributed by atoms with van der Waals surface area (Å²) in [7, 11) is 3.21. The highest BCUT2D eigenvalue weighted by molar-refractivity contribution is 7.99. The number of aromatic hydroxyl groups is 1. The first-order valence-electron chi connectivity index (χ1n) is 10.8. The van der Waals surface area contributed by atoms with Crippen molar-refractivity contribution in [1.82, 2.24) is 5.32 Å². The van der Waals surface area contributed by atoms with E-state index in [0.29, 0.717) is 30.1 Å². The van der Waals surface area contributed by atoms with Crippen molar-refractivity contribution < 1.29 is 23.8 Å². The normalized spacial score (nSPS) is 19.3. The number of hydrogen-bond acceptors (Lipinski definition) is 7. The van der Waals surface area contributed by atoms with Gasteiger partial charge in [0.2, 0.25) is 17.1 Å². The van der Waals surface area contributed by atoms with Gasteiger partial charge in [0, 0.05) is 17.9 Å². The number of ether oxygens (including phenoxy) is 2. The van der Waals surface area contributed by atoms with Crippen molar-refractivity contribution in [2.45, 2.75) is 50.5 Å². The van der Waals surface area contributed by atoms with Gasteiger partial charge in [-0.1, -0.05) is 0 Å². The molecule has 7 nitrogen and oxygen atoms in total. The van der Waals surface area contributed by atoms with Crippen molar-refractivity contribution >= 4 is 17.7 Å². The summed E-state index contributed by atoms with van der Waals surface area (Å²) in [5.74, 6) is 3.19. The predicted octanol–water partition coefficient (Wildman–Crippen LogP) is 3.63. The average molecular weight is 460 g/mol. The molecule has 2 aliphatic rings. The number of rotatable bonds is 6. The molecule has 1 aliphatic carbocycles. The van der Waals surface area contributed by atoms with Gasteiger partial charge < -0.3 is 24.3 Å². The Morgan fingerprint density at radius 2 is 1.91 bits per heavy atom. The van der Waals surface area contributed by atoms with Gasteiger partial charge in [0.05, 0.1) is 20.3 Å². The minimum Gasteiger partial charge on any atom is -0.502 e. The van der Waals surface area contributed by atoms with Crippen LogP contribution in [0.1, 0.15) is 54.4 Å². The smallest absolute Gasteiger partial charge is 0.227 e. The van der Waals surface area contributed by atoms with Crippen LogP contribution in [0.3, 0.4) is 0 Å². The second kappa shape index (κ2) is 9.10. The summed E-state index contributed by atoms with van der Waals surface area (Å²) in [6, 6.07) is 5.07. The largest absolute Gasteiger partial charge is 0.502 e. The van der Waals surface area contributed by atoms with Crippen molar-refractivity contribution in [3.8, 4) is 17.2 Å². The third kappa shape index (κ3) is 4.20. The topological polar surface area (TPSA) is 98.0 Å². The van der Waals surface area contributed by atoms with Gasteiger partial charge in [-0.3, -0.25) is 9.59 Å². The fourth-order valence-corrected chi connectivity index (χ4v) is 6.12. The van der Waals surface area contributed by atoms with Crippen LogP contribution in [0.2, 0.25) is 0 Å². The van der Waals surface area contributed by atoms with Crippen LogP contribution in [0.4, 0.5) is 0 Å². The van der Waals surface area contributed by atoms with Crippen molar-refractivity contribution in [3.05, 3.63) is 51.1 Å². The van der Waals surface area contributed by atoms with Gasteiger partial charge in [-0.05, 0) is 67.4 Å². The maximum atomic E-state index is 13.2. The third-order valence-corrected chi connectivity index (χ3v) is 7.52. The molecule has 1 atom stereocenters. The number of benzene rings is 1. The first-order chi connectivity index (χ1) is 15.4. The monoisotopic (exact) mass is 459 g/mol. The zero-order valence-electron chi connectivity index (χ0n) is 18.7. The summed E-state index contributed by atoms with van der Waals surface area (Å²) in [5, 5.41) is 13.7. The summed E-state index contributed by atoms with van der Waals surface area (Å²) < 4.78 is 16.7. The summed E-state index contributed by atoms with van der Waals surface area (Å²) in [6.07, 6.45) is 3.13. The molecule has 0 radical (unpaired) electrons. The predicted molar refractivity (Wildman–Crippen MR) is 123 cm³/mol. The van der Waals surface area contributed by atoms with Crippen LogP contribution in [0, 0.1) is 6.92 Å². The Morgan fingerprint density at radius 1 is 1.22 bits per heavy atom. The maximum Gasteiger partial charge on any atom is 0.227 e. The molecule has 1 aliphatic heterocycles. The number of nitrogens with one attached hydrogen (secondary N) is 1. The quantitative estimate of drug-likeness (QED) is 0.681. The van der Waals surface area contributed by atoms with E-state index < -0.39 is 10.8 Å². The van der Waals surface area contributed by atoms with Crippen LogP contribution in [-0.2, 0) is 16.6 Å². The zero-order chi connectivity index (χ0) is 22.9. The van der Waals surface area contributed by atoms with Crippen LogP contribution < -0.4 is 20.2 Å². The molecule has 1 saturated heterocycles. The number of carbonyl (C=O) groups excluding carboxylic acids is 1. The second-order valence-corrected chi connectivity index (χ2v) is 9.76. The van der Waals surface area contributed by atoms with Crippen LogP contribution >= 0.6 is 11.8 Å². The standard InChI is InChI=1S/C24H29NO6S/c1-14-10-18(26)22(28)23(31-14)24(6-8-32-9-7-24)13-21(27)25-17-5-4-15-11-19(29-2)20(30-3)12-16(15)17/h10-12,17,28H,4-9,13H2,1-3H3,(H,25,27). The minimum absolute atomic E-state index is 0.118. The highest BCUT2D eigenvalue weighted by Gasteiger charge is 2.42. The molecule has 1 aromatic carbocycles. The lowest BCUT2D eigenvalue weighted by molar-refractivity contribution is -0.123. The van der Waals surface area contributed by atoms with Crippen molar-refractivity contribution in [3.63, 3.8) is 0 Å². The van der Waals surface area contributed by atoms with Crippen molar-refractivity contribution in [1.29, 1.82) is 0 Å². The Labute approximate surface area is 191 Å². The Morgan fingerprint density at radius 3 is 2.59 bits per heavy atom. The minimum atomic E-state index is -0.691. The highest BCUT2D eigenvalue weighted by atomic mass is 32.2. The Hall–Kier alpha value is -2.61. The Balaban J connectivity index is 1.59. The van der Waals surface area contributed by atoms with E-state index in [0.717, 1.165) is 35.5 Å². The molecule has 8 heteroatoms. The molecule has 1 aromatic heterocycles.